The van der Waals surface area contributed by atoms with Gasteiger partial charge in [-0.2, -0.15) is 0 Å². The molecule has 3 nitrogen and oxygen atoms in total. The van der Waals surface area contributed by atoms with Gasteiger partial charge in [0.2, 0.25) is 0 Å². The number of nitrogens with two attached hydrogens (primary N) is 1. The van der Waals surface area contributed by atoms with Gasteiger partial charge in [0.05, 0.1) is 6.54 Å². The third kappa shape index (κ3) is 2.08. The first-order valence-corrected chi connectivity index (χ1v) is 6.98. The molecule has 0 unspecified atom stereocenters. The smallest absolute Gasteiger partial charge is 0.132 e. The predicted octanol–water partition coefficient (Wildman–Crippen LogP) is 3.26. The average molecular weight is 265 g/mol. The molecule has 0 spiro atoms. The van der Waals surface area contributed by atoms with Gasteiger partial charge in [0, 0.05) is 11.5 Å². The molecule has 0 saturated heterocycles. The third-order valence-electron chi connectivity index (χ3n) is 3.87. The minimum atomic E-state index is 0.496. The van der Waals surface area contributed by atoms with E-state index in [1.807, 2.05) is 4.57 Å². The van der Waals surface area contributed by atoms with E-state index in [9.17, 15) is 0 Å². The van der Waals surface area contributed by atoms with Gasteiger partial charge in [0.1, 0.15) is 17.3 Å². The molecular formula is C17H19N3. The summed E-state index contributed by atoms with van der Waals surface area (Å²) in [4.78, 5) is 4.79. The Kier molecular flexibility index (Phi) is 3.02. The molecule has 20 heavy (non-hydrogen) atoms. The summed E-state index contributed by atoms with van der Waals surface area (Å²) in [6.45, 7) is 4.68. The van der Waals surface area contributed by atoms with Crippen molar-refractivity contribution in [3.8, 4) is 23.6 Å². The van der Waals surface area contributed by atoms with Crippen molar-refractivity contribution in [2.24, 2.45) is 0 Å². The number of terminal acetylenes is 1. The lowest BCUT2D eigenvalue weighted by atomic mass is 10.0. The first-order valence-electron chi connectivity index (χ1n) is 6.98. The van der Waals surface area contributed by atoms with E-state index in [-0.39, 0.29) is 0 Å². The van der Waals surface area contributed by atoms with Crippen molar-refractivity contribution in [3.63, 3.8) is 0 Å². The molecule has 0 aliphatic heterocycles. The van der Waals surface area contributed by atoms with Crippen LogP contribution in [0.2, 0.25) is 0 Å². The molecule has 2 aromatic rings. The average Bonchev–Trinajstić information content (AvgIpc) is 3.19. The second-order valence-electron chi connectivity index (χ2n) is 5.59. The fourth-order valence-corrected chi connectivity index (χ4v) is 2.67. The highest BCUT2D eigenvalue weighted by Gasteiger charge is 2.31. The van der Waals surface area contributed by atoms with Crippen molar-refractivity contribution in [3.05, 3.63) is 35.2 Å². The Bertz CT molecular complexity index is 700. The molecule has 3 rings (SSSR count). The molecule has 0 atom stereocenters. The van der Waals surface area contributed by atoms with Gasteiger partial charge in [-0.05, 0) is 32.3 Å². The Morgan fingerprint density at radius 2 is 2.15 bits per heavy atom. The number of nitrogens with zero attached hydrogens (tertiary/aromatic N) is 2. The molecule has 3 heteroatoms. The maximum absolute atomic E-state index is 6.30. The van der Waals surface area contributed by atoms with Crippen molar-refractivity contribution in [1.82, 2.24) is 9.55 Å². The van der Waals surface area contributed by atoms with Crippen LogP contribution in [0, 0.1) is 26.2 Å². The molecule has 1 aromatic heterocycles. The summed E-state index contributed by atoms with van der Waals surface area (Å²) in [5, 5.41) is 0. The number of imidazole rings is 1. The highest BCUT2D eigenvalue weighted by Crippen LogP contribution is 2.42. The van der Waals surface area contributed by atoms with Crippen LogP contribution in [0.15, 0.2) is 18.2 Å². The summed E-state index contributed by atoms with van der Waals surface area (Å²) < 4.78 is 1.99. The van der Waals surface area contributed by atoms with Gasteiger partial charge < -0.3 is 10.3 Å². The highest BCUT2D eigenvalue weighted by molar-refractivity contribution is 5.74. The van der Waals surface area contributed by atoms with Crippen LogP contribution in [0.4, 0.5) is 5.82 Å². The maximum atomic E-state index is 6.30. The molecule has 1 aliphatic rings. The number of aryl methyl sites for hydroxylation is 2. The van der Waals surface area contributed by atoms with E-state index in [2.05, 4.69) is 38.0 Å². The SMILES string of the molecule is C#CCn1c(C2CC2)nc(-c2ccc(C)cc2C)c1N. The van der Waals surface area contributed by atoms with E-state index >= 15 is 0 Å². The largest absolute Gasteiger partial charge is 0.383 e. The highest BCUT2D eigenvalue weighted by atomic mass is 15.1. The quantitative estimate of drug-likeness (QED) is 0.866. The van der Waals surface area contributed by atoms with Crippen LogP contribution in [0.5, 0.6) is 0 Å². The molecule has 2 N–H and O–H groups in total. The standard InChI is InChI=1S/C17H19N3/c1-4-9-20-16(18)15(19-17(20)13-6-7-13)14-8-5-11(2)10-12(14)3/h1,5,8,10,13H,6-7,9,18H2,2-3H3. The van der Waals surface area contributed by atoms with Gasteiger partial charge in [-0.3, -0.25) is 0 Å². The summed E-state index contributed by atoms with van der Waals surface area (Å²) in [5.41, 5.74) is 10.7. The van der Waals surface area contributed by atoms with Crippen LogP contribution >= 0.6 is 0 Å². The van der Waals surface area contributed by atoms with Crippen molar-refractivity contribution in [2.75, 3.05) is 5.73 Å². The lowest BCUT2D eigenvalue weighted by molar-refractivity contribution is 0.762. The molecule has 0 radical (unpaired) electrons. The van der Waals surface area contributed by atoms with Crippen LogP contribution in [0.1, 0.15) is 35.7 Å². The first-order chi connectivity index (χ1) is 9.61. The third-order valence-corrected chi connectivity index (χ3v) is 3.87. The van der Waals surface area contributed by atoms with Gasteiger partial charge in [-0.25, -0.2) is 4.98 Å². The Labute approximate surface area is 119 Å². The second-order valence-corrected chi connectivity index (χ2v) is 5.59. The minimum Gasteiger partial charge on any atom is -0.383 e. The molecule has 1 fully saturated rings. The van der Waals surface area contributed by atoms with E-state index in [1.54, 1.807) is 0 Å². The zero-order valence-corrected chi connectivity index (χ0v) is 12.0. The summed E-state index contributed by atoms with van der Waals surface area (Å²) in [6.07, 6.45) is 7.84. The van der Waals surface area contributed by atoms with Gasteiger partial charge in [-0.15, -0.1) is 6.42 Å². The number of nitrogen functional groups attached to an aromatic ring is 1. The van der Waals surface area contributed by atoms with Gasteiger partial charge in [-0.1, -0.05) is 29.7 Å². The molecule has 0 amide bonds. The van der Waals surface area contributed by atoms with Crippen LogP contribution < -0.4 is 5.73 Å². The maximum Gasteiger partial charge on any atom is 0.132 e. The van der Waals surface area contributed by atoms with Crippen molar-refractivity contribution in [1.29, 1.82) is 0 Å². The lowest BCUT2D eigenvalue weighted by Gasteiger charge is -2.06. The summed E-state index contributed by atoms with van der Waals surface area (Å²) in [5.74, 6) is 4.95. The Hall–Kier alpha value is -2.21. The topological polar surface area (TPSA) is 43.8 Å². The van der Waals surface area contributed by atoms with Crippen LogP contribution in [0.3, 0.4) is 0 Å². The molecular weight excluding hydrogens is 246 g/mol. The summed E-state index contributed by atoms with van der Waals surface area (Å²) >= 11 is 0. The number of anilines is 1. The molecule has 1 saturated carbocycles. The van der Waals surface area contributed by atoms with E-state index in [0.29, 0.717) is 18.3 Å². The normalized spacial score (nSPS) is 14.2. The summed E-state index contributed by atoms with van der Waals surface area (Å²) in [6, 6.07) is 6.35. The molecule has 102 valence electrons. The van der Waals surface area contributed by atoms with Crippen LogP contribution in [-0.4, -0.2) is 9.55 Å². The fraction of sp³-hybridized carbons (Fsp3) is 0.353. The number of rotatable bonds is 3. The molecule has 1 heterocycles. The Balaban J connectivity index is 2.14. The number of hydrogen-bond donors (Lipinski definition) is 1. The first kappa shape index (κ1) is 12.8. The fourth-order valence-electron chi connectivity index (χ4n) is 2.67. The number of aromatic nitrogens is 2. The zero-order valence-electron chi connectivity index (χ0n) is 12.0. The van der Waals surface area contributed by atoms with E-state index in [4.69, 9.17) is 17.1 Å². The van der Waals surface area contributed by atoms with E-state index < -0.39 is 0 Å². The van der Waals surface area contributed by atoms with E-state index in [1.165, 1.54) is 24.0 Å². The minimum absolute atomic E-state index is 0.496. The van der Waals surface area contributed by atoms with Gasteiger partial charge in [0.15, 0.2) is 0 Å². The monoisotopic (exact) mass is 265 g/mol. The number of hydrogen-bond acceptors (Lipinski definition) is 2. The summed E-state index contributed by atoms with van der Waals surface area (Å²) in [7, 11) is 0. The Morgan fingerprint density at radius 1 is 1.40 bits per heavy atom. The molecule has 1 aliphatic carbocycles. The zero-order chi connectivity index (χ0) is 14.3. The van der Waals surface area contributed by atoms with E-state index in [0.717, 1.165) is 17.1 Å². The van der Waals surface area contributed by atoms with Crippen LogP contribution in [0.25, 0.3) is 11.3 Å². The van der Waals surface area contributed by atoms with Crippen molar-refractivity contribution >= 4 is 5.82 Å². The van der Waals surface area contributed by atoms with Crippen LogP contribution in [-0.2, 0) is 6.54 Å². The lowest BCUT2D eigenvalue weighted by Crippen LogP contribution is -2.05. The van der Waals surface area contributed by atoms with Crippen molar-refractivity contribution in [2.45, 2.75) is 39.2 Å². The van der Waals surface area contributed by atoms with Crippen molar-refractivity contribution < 1.29 is 0 Å². The van der Waals surface area contributed by atoms with Gasteiger partial charge >= 0.3 is 0 Å². The second kappa shape index (κ2) is 4.72. The molecule has 0 bridgehead atoms. The predicted molar refractivity (Wildman–Crippen MR) is 82.4 cm³/mol. The number of benzene rings is 1. The molecule has 1 aromatic carbocycles. The van der Waals surface area contributed by atoms with Gasteiger partial charge in [0.25, 0.3) is 0 Å². The Morgan fingerprint density at radius 3 is 2.75 bits per heavy atom.